The summed E-state index contributed by atoms with van der Waals surface area (Å²) in [5.74, 6) is 1.99. The number of guanidine groups is 1. The summed E-state index contributed by atoms with van der Waals surface area (Å²) in [4.78, 5) is 21.8. The van der Waals surface area contributed by atoms with Gasteiger partial charge in [-0.3, -0.25) is 14.7 Å². The lowest BCUT2D eigenvalue weighted by Gasteiger charge is -2.33. The highest BCUT2D eigenvalue weighted by molar-refractivity contribution is 5.80. The summed E-state index contributed by atoms with van der Waals surface area (Å²) < 4.78 is 5.17. The minimum atomic E-state index is -0.0331. The topological polar surface area (TPSA) is 57.2 Å². The molecule has 26 heavy (non-hydrogen) atoms. The molecule has 0 aromatic heterocycles. The number of carbonyl (C=O) groups excluding carboxylic acids is 1. The van der Waals surface area contributed by atoms with Crippen molar-refractivity contribution in [3.8, 4) is 0 Å². The Bertz CT molecular complexity index is 480. The first-order chi connectivity index (χ1) is 12.7. The number of ether oxygens (including phenoxy) is 1. The average molecular weight is 365 g/mol. The number of aliphatic imine (C=N–C) groups is 1. The zero-order chi connectivity index (χ0) is 18.4. The van der Waals surface area contributed by atoms with E-state index in [0.29, 0.717) is 6.61 Å². The second kappa shape index (κ2) is 9.58. The largest absolute Gasteiger partial charge is 0.466 e. The Morgan fingerprint density at radius 1 is 1.15 bits per heavy atom. The second-order valence-electron chi connectivity index (χ2n) is 7.92. The molecule has 1 N–H and O–H groups in total. The van der Waals surface area contributed by atoms with Gasteiger partial charge in [0.2, 0.25) is 0 Å². The maximum Gasteiger partial charge on any atom is 0.309 e. The van der Waals surface area contributed by atoms with Crippen molar-refractivity contribution >= 4 is 11.9 Å². The van der Waals surface area contributed by atoms with Crippen LogP contribution in [0.1, 0.15) is 52.4 Å². The van der Waals surface area contributed by atoms with E-state index >= 15 is 0 Å². The molecule has 0 radical (unpaired) electrons. The average Bonchev–Trinajstić information content (AvgIpc) is 3.54. The summed E-state index contributed by atoms with van der Waals surface area (Å²) in [6.07, 6.45) is 7.31. The van der Waals surface area contributed by atoms with Crippen LogP contribution < -0.4 is 5.32 Å². The molecule has 0 bridgehead atoms. The molecule has 6 heteroatoms. The minimum absolute atomic E-state index is 0.0331. The molecule has 148 valence electrons. The summed E-state index contributed by atoms with van der Waals surface area (Å²) in [6, 6.07) is 0.828. The predicted octanol–water partition coefficient (Wildman–Crippen LogP) is 2.10. The van der Waals surface area contributed by atoms with Gasteiger partial charge in [0.1, 0.15) is 0 Å². The van der Waals surface area contributed by atoms with Crippen molar-refractivity contribution in [3.63, 3.8) is 0 Å². The molecule has 0 unspecified atom stereocenters. The van der Waals surface area contributed by atoms with Crippen LogP contribution in [0.4, 0.5) is 0 Å². The molecule has 2 aliphatic carbocycles. The first-order valence-electron chi connectivity index (χ1n) is 10.6. The Hall–Kier alpha value is -1.30. The fraction of sp³-hybridized carbons (Fsp3) is 0.900. The zero-order valence-corrected chi connectivity index (χ0v) is 16.6. The lowest BCUT2D eigenvalue weighted by atomic mass is 9.97. The van der Waals surface area contributed by atoms with Crippen LogP contribution in [-0.4, -0.2) is 73.6 Å². The zero-order valence-electron chi connectivity index (χ0n) is 16.6. The summed E-state index contributed by atoms with van der Waals surface area (Å²) >= 11 is 0. The van der Waals surface area contributed by atoms with Crippen molar-refractivity contribution in [2.45, 2.75) is 58.4 Å². The molecule has 2 saturated carbocycles. The summed E-state index contributed by atoms with van der Waals surface area (Å²) in [5, 5.41) is 3.43. The van der Waals surface area contributed by atoms with Gasteiger partial charge >= 0.3 is 5.97 Å². The number of hydrogen-bond acceptors (Lipinski definition) is 4. The second-order valence-corrected chi connectivity index (χ2v) is 7.92. The Kier molecular flexibility index (Phi) is 7.17. The third-order valence-corrected chi connectivity index (χ3v) is 5.65. The van der Waals surface area contributed by atoms with Crippen molar-refractivity contribution in [3.05, 3.63) is 0 Å². The Labute approximate surface area is 158 Å². The number of hydrogen-bond donors (Lipinski definition) is 1. The van der Waals surface area contributed by atoms with Gasteiger partial charge in [-0.05, 0) is 58.3 Å². The van der Waals surface area contributed by atoms with Crippen LogP contribution in [0, 0.1) is 11.8 Å². The molecule has 3 rings (SSSR count). The van der Waals surface area contributed by atoms with E-state index in [9.17, 15) is 4.79 Å². The maximum atomic E-state index is 11.9. The molecular formula is C20H36N4O2. The molecule has 6 nitrogen and oxygen atoms in total. The van der Waals surface area contributed by atoms with Crippen LogP contribution in [0.25, 0.3) is 0 Å². The maximum absolute atomic E-state index is 11.9. The van der Waals surface area contributed by atoms with Crippen LogP contribution in [-0.2, 0) is 9.53 Å². The van der Waals surface area contributed by atoms with Crippen LogP contribution in [0.5, 0.6) is 0 Å². The Balaban J connectivity index is 1.46. The number of piperidine rings is 1. The van der Waals surface area contributed by atoms with E-state index in [4.69, 9.17) is 9.73 Å². The van der Waals surface area contributed by atoms with Gasteiger partial charge in [0.25, 0.3) is 0 Å². The monoisotopic (exact) mass is 364 g/mol. The van der Waals surface area contributed by atoms with Crippen molar-refractivity contribution in [2.75, 3.05) is 45.9 Å². The molecule has 1 heterocycles. The van der Waals surface area contributed by atoms with Crippen molar-refractivity contribution in [1.82, 2.24) is 15.1 Å². The third kappa shape index (κ3) is 5.86. The fourth-order valence-electron chi connectivity index (χ4n) is 3.79. The van der Waals surface area contributed by atoms with E-state index in [-0.39, 0.29) is 11.9 Å². The van der Waals surface area contributed by atoms with Crippen LogP contribution >= 0.6 is 0 Å². The molecule has 3 aliphatic rings. The smallest absolute Gasteiger partial charge is 0.309 e. The Morgan fingerprint density at radius 2 is 1.88 bits per heavy atom. The normalized spacial score (nSPS) is 22.0. The third-order valence-electron chi connectivity index (χ3n) is 5.65. The van der Waals surface area contributed by atoms with Gasteiger partial charge in [-0.15, -0.1) is 0 Å². The van der Waals surface area contributed by atoms with E-state index in [1.54, 1.807) is 0 Å². The van der Waals surface area contributed by atoms with Gasteiger partial charge in [-0.2, -0.15) is 0 Å². The van der Waals surface area contributed by atoms with Crippen LogP contribution in [0.3, 0.4) is 0 Å². The van der Waals surface area contributed by atoms with Gasteiger partial charge in [0, 0.05) is 38.8 Å². The van der Waals surface area contributed by atoms with E-state index in [1.165, 1.54) is 32.2 Å². The van der Waals surface area contributed by atoms with Gasteiger partial charge in [-0.25, -0.2) is 0 Å². The molecule has 1 saturated heterocycles. The molecular weight excluding hydrogens is 328 g/mol. The lowest BCUT2D eigenvalue weighted by Crippen LogP contribution is -2.47. The van der Waals surface area contributed by atoms with Crippen LogP contribution in [0.15, 0.2) is 4.99 Å². The van der Waals surface area contributed by atoms with Crippen molar-refractivity contribution in [2.24, 2.45) is 16.8 Å². The van der Waals surface area contributed by atoms with E-state index in [2.05, 4.69) is 22.0 Å². The van der Waals surface area contributed by atoms with Crippen molar-refractivity contribution < 1.29 is 9.53 Å². The molecule has 0 aromatic carbocycles. The summed E-state index contributed by atoms with van der Waals surface area (Å²) in [7, 11) is 0. The number of esters is 1. The molecule has 1 aliphatic heterocycles. The SMILES string of the molecule is CCNC(=NCCN(CC1CC1)C1CC1)N1CCC(C(=O)OCC)CC1. The number of rotatable bonds is 9. The highest BCUT2D eigenvalue weighted by Gasteiger charge is 2.33. The molecule has 0 atom stereocenters. The molecule has 3 fully saturated rings. The number of carbonyl (C=O) groups is 1. The van der Waals surface area contributed by atoms with Gasteiger partial charge in [0.05, 0.1) is 19.1 Å². The lowest BCUT2D eigenvalue weighted by molar-refractivity contribution is -0.149. The van der Waals surface area contributed by atoms with E-state index in [0.717, 1.165) is 63.5 Å². The first-order valence-corrected chi connectivity index (χ1v) is 10.6. The summed E-state index contributed by atoms with van der Waals surface area (Å²) in [5.41, 5.74) is 0. The minimum Gasteiger partial charge on any atom is -0.466 e. The molecule has 0 amide bonds. The number of likely N-dealkylation sites (tertiary alicyclic amines) is 1. The van der Waals surface area contributed by atoms with Gasteiger partial charge in [-0.1, -0.05) is 0 Å². The number of nitrogens with one attached hydrogen (secondary N) is 1. The van der Waals surface area contributed by atoms with Crippen LogP contribution in [0.2, 0.25) is 0 Å². The summed E-state index contributed by atoms with van der Waals surface area (Å²) in [6.45, 7) is 10.3. The highest BCUT2D eigenvalue weighted by atomic mass is 16.5. The molecule has 0 spiro atoms. The first kappa shape index (κ1) is 19.5. The quantitative estimate of drug-likeness (QED) is 0.386. The van der Waals surface area contributed by atoms with Crippen molar-refractivity contribution in [1.29, 1.82) is 0 Å². The standard InChI is InChI=1S/C20H36N4O2/c1-3-21-20(23-12-9-17(10-13-23)19(25)26-4-2)22-11-14-24(18-7-8-18)15-16-5-6-16/h16-18H,3-15H2,1-2H3,(H,21,22). The Morgan fingerprint density at radius 3 is 2.46 bits per heavy atom. The van der Waals surface area contributed by atoms with E-state index in [1.807, 2.05) is 6.92 Å². The van der Waals surface area contributed by atoms with Gasteiger partial charge < -0.3 is 15.0 Å². The molecule has 0 aromatic rings. The number of nitrogens with zero attached hydrogens (tertiary/aromatic N) is 3. The van der Waals surface area contributed by atoms with E-state index < -0.39 is 0 Å². The predicted molar refractivity (Wildman–Crippen MR) is 104 cm³/mol. The van der Waals surface area contributed by atoms with Gasteiger partial charge in [0.15, 0.2) is 5.96 Å². The fourth-order valence-corrected chi connectivity index (χ4v) is 3.79. The highest BCUT2D eigenvalue weighted by Crippen LogP contribution is 2.34.